The Balaban J connectivity index is 0.00000312. The number of rotatable bonds is 7. The second-order valence-electron chi connectivity index (χ2n) is 6.57. The topological polar surface area (TPSA) is 61.8 Å². The SMILES string of the molecule is CCNC(=NCc1cnc(C)s1)NCC1CN(CC(C)C)CCO1.I. The van der Waals surface area contributed by atoms with E-state index in [1.165, 1.54) is 4.88 Å². The van der Waals surface area contributed by atoms with Crippen molar-refractivity contribution in [2.75, 3.05) is 39.3 Å². The Morgan fingerprint density at radius 3 is 2.92 bits per heavy atom. The van der Waals surface area contributed by atoms with Crippen LogP contribution in [-0.2, 0) is 11.3 Å². The second kappa shape index (κ2) is 12.0. The first kappa shape index (κ1) is 22.6. The maximum Gasteiger partial charge on any atom is 0.191 e. The average molecular weight is 481 g/mol. The van der Waals surface area contributed by atoms with E-state index >= 15 is 0 Å². The number of halogens is 1. The van der Waals surface area contributed by atoms with E-state index in [0.717, 1.165) is 50.3 Å². The van der Waals surface area contributed by atoms with Gasteiger partial charge in [0.15, 0.2) is 5.96 Å². The highest BCUT2D eigenvalue weighted by atomic mass is 127. The van der Waals surface area contributed by atoms with E-state index in [4.69, 9.17) is 4.74 Å². The minimum Gasteiger partial charge on any atom is -0.374 e. The number of hydrogen-bond donors (Lipinski definition) is 2. The number of aryl methyl sites for hydroxylation is 1. The van der Waals surface area contributed by atoms with Crippen molar-refractivity contribution in [1.82, 2.24) is 20.5 Å². The van der Waals surface area contributed by atoms with Crippen LogP contribution in [0.3, 0.4) is 0 Å². The van der Waals surface area contributed by atoms with Crippen LogP contribution in [0.1, 0.15) is 30.7 Å². The summed E-state index contributed by atoms with van der Waals surface area (Å²) in [6.45, 7) is 14.9. The lowest BCUT2D eigenvalue weighted by Gasteiger charge is -2.34. The van der Waals surface area contributed by atoms with E-state index in [1.807, 2.05) is 13.1 Å². The number of aliphatic imine (C=N–C) groups is 1. The third kappa shape index (κ3) is 8.65. The van der Waals surface area contributed by atoms with Crippen LogP contribution in [0.25, 0.3) is 0 Å². The molecular formula is C17H32IN5OS. The van der Waals surface area contributed by atoms with Crippen molar-refractivity contribution < 1.29 is 4.74 Å². The fraction of sp³-hybridized carbons (Fsp3) is 0.765. The zero-order chi connectivity index (χ0) is 17.4. The van der Waals surface area contributed by atoms with Gasteiger partial charge in [-0.2, -0.15) is 0 Å². The molecule has 0 aliphatic carbocycles. The summed E-state index contributed by atoms with van der Waals surface area (Å²) in [6.07, 6.45) is 2.12. The Bertz CT molecular complexity index is 523. The number of guanidine groups is 1. The number of morpholine rings is 1. The van der Waals surface area contributed by atoms with Gasteiger partial charge in [-0.3, -0.25) is 4.90 Å². The normalized spacial score (nSPS) is 18.9. The van der Waals surface area contributed by atoms with Gasteiger partial charge < -0.3 is 15.4 Å². The summed E-state index contributed by atoms with van der Waals surface area (Å²) in [5.41, 5.74) is 0. The quantitative estimate of drug-likeness (QED) is 0.356. The number of aromatic nitrogens is 1. The Hall–Kier alpha value is -0.450. The number of nitrogens with zero attached hydrogens (tertiary/aromatic N) is 3. The average Bonchev–Trinajstić information content (AvgIpc) is 2.95. The molecule has 1 aliphatic rings. The van der Waals surface area contributed by atoms with Gasteiger partial charge >= 0.3 is 0 Å². The fourth-order valence-electron chi connectivity index (χ4n) is 2.77. The third-order valence-electron chi connectivity index (χ3n) is 3.75. The lowest BCUT2D eigenvalue weighted by atomic mass is 10.2. The molecule has 1 fully saturated rings. The first-order valence-corrected chi connectivity index (χ1v) is 9.66. The summed E-state index contributed by atoms with van der Waals surface area (Å²) in [6, 6.07) is 0. The van der Waals surface area contributed by atoms with E-state index in [-0.39, 0.29) is 30.1 Å². The number of ether oxygens (including phenoxy) is 1. The number of hydrogen-bond acceptors (Lipinski definition) is 5. The number of nitrogens with one attached hydrogen (secondary N) is 2. The molecule has 0 spiro atoms. The largest absolute Gasteiger partial charge is 0.374 e. The van der Waals surface area contributed by atoms with E-state index in [1.54, 1.807) is 11.3 Å². The van der Waals surface area contributed by atoms with Gasteiger partial charge in [0.1, 0.15) is 0 Å². The molecule has 1 aromatic rings. The molecule has 1 saturated heterocycles. The van der Waals surface area contributed by atoms with Gasteiger partial charge in [0, 0.05) is 43.8 Å². The van der Waals surface area contributed by atoms with Crippen molar-refractivity contribution in [3.05, 3.63) is 16.1 Å². The summed E-state index contributed by atoms with van der Waals surface area (Å²) in [5, 5.41) is 7.79. The molecule has 2 heterocycles. The summed E-state index contributed by atoms with van der Waals surface area (Å²) < 4.78 is 5.89. The Kier molecular flexibility index (Phi) is 10.9. The van der Waals surface area contributed by atoms with E-state index in [2.05, 4.69) is 46.3 Å². The molecule has 1 aliphatic heterocycles. The van der Waals surface area contributed by atoms with Crippen LogP contribution in [0.4, 0.5) is 0 Å². The van der Waals surface area contributed by atoms with Crippen LogP contribution < -0.4 is 10.6 Å². The van der Waals surface area contributed by atoms with Gasteiger partial charge in [0.2, 0.25) is 0 Å². The van der Waals surface area contributed by atoms with Crippen LogP contribution in [0.15, 0.2) is 11.2 Å². The van der Waals surface area contributed by atoms with Crippen LogP contribution in [-0.4, -0.2) is 61.3 Å². The highest BCUT2D eigenvalue weighted by molar-refractivity contribution is 14.0. The van der Waals surface area contributed by atoms with Gasteiger partial charge in [0.05, 0.1) is 24.3 Å². The van der Waals surface area contributed by atoms with E-state index in [9.17, 15) is 0 Å². The van der Waals surface area contributed by atoms with Crippen LogP contribution in [0.2, 0.25) is 0 Å². The molecule has 0 bridgehead atoms. The van der Waals surface area contributed by atoms with Gasteiger partial charge in [-0.15, -0.1) is 35.3 Å². The van der Waals surface area contributed by atoms with E-state index in [0.29, 0.717) is 12.5 Å². The van der Waals surface area contributed by atoms with Gasteiger partial charge in [-0.1, -0.05) is 13.8 Å². The molecule has 1 atom stereocenters. The summed E-state index contributed by atoms with van der Waals surface area (Å²) in [4.78, 5) is 12.6. The third-order valence-corrected chi connectivity index (χ3v) is 4.65. The van der Waals surface area contributed by atoms with Gasteiger partial charge in [-0.05, 0) is 19.8 Å². The van der Waals surface area contributed by atoms with E-state index < -0.39 is 0 Å². The zero-order valence-corrected chi connectivity index (χ0v) is 18.9. The van der Waals surface area contributed by atoms with Crippen LogP contribution in [0, 0.1) is 12.8 Å². The molecule has 2 N–H and O–H groups in total. The molecule has 0 radical (unpaired) electrons. The molecule has 0 aromatic carbocycles. The molecular weight excluding hydrogens is 449 g/mol. The fourth-order valence-corrected chi connectivity index (χ4v) is 3.49. The van der Waals surface area contributed by atoms with Crippen molar-refractivity contribution in [2.45, 2.75) is 40.3 Å². The lowest BCUT2D eigenvalue weighted by molar-refractivity contribution is -0.0284. The van der Waals surface area contributed by atoms with Crippen molar-refractivity contribution in [1.29, 1.82) is 0 Å². The molecule has 144 valence electrons. The Labute approximate surface area is 172 Å². The zero-order valence-electron chi connectivity index (χ0n) is 15.7. The van der Waals surface area contributed by atoms with Gasteiger partial charge in [-0.25, -0.2) is 9.98 Å². The highest BCUT2D eigenvalue weighted by Gasteiger charge is 2.21. The van der Waals surface area contributed by atoms with Gasteiger partial charge in [0.25, 0.3) is 0 Å². The van der Waals surface area contributed by atoms with Crippen LogP contribution >= 0.6 is 35.3 Å². The Morgan fingerprint density at radius 1 is 1.48 bits per heavy atom. The molecule has 0 amide bonds. The molecule has 25 heavy (non-hydrogen) atoms. The predicted octanol–water partition coefficient (Wildman–Crippen LogP) is 2.48. The molecule has 0 saturated carbocycles. The Morgan fingerprint density at radius 2 is 2.28 bits per heavy atom. The number of thiazole rings is 1. The van der Waals surface area contributed by atoms with Crippen molar-refractivity contribution in [2.24, 2.45) is 10.9 Å². The minimum absolute atomic E-state index is 0. The lowest BCUT2D eigenvalue weighted by Crippen LogP contribution is -2.50. The van der Waals surface area contributed by atoms with Crippen molar-refractivity contribution in [3.8, 4) is 0 Å². The minimum atomic E-state index is 0. The summed E-state index contributed by atoms with van der Waals surface area (Å²) >= 11 is 1.69. The summed E-state index contributed by atoms with van der Waals surface area (Å²) in [7, 11) is 0. The monoisotopic (exact) mass is 481 g/mol. The molecule has 1 aromatic heterocycles. The maximum absolute atomic E-state index is 5.89. The second-order valence-corrected chi connectivity index (χ2v) is 7.89. The molecule has 6 nitrogen and oxygen atoms in total. The predicted molar refractivity (Wildman–Crippen MR) is 116 cm³/mol. The smallest absolute Gasteiger partial charge is 0.191 e. The summed E-state index contributed by atoms with van der Waals surface area (Å²) in [5.74, 6) is 1.53. The van der Waals surface area contributed by atoms with Crippen molar-refractivity contribution >= 4 is 41.3 Å². The first-order valence-electron chi connectivity index (χ1n) is 8.84. The maximum atomic E-state index is 5.89. The first-order chi connectivity index (χ1) is 11.6. The highest BCUT2D eigenvalue weighted by Crippen LogP contribution is 2.12. The van der Waals surface area contributed by atoms with Crippen LogP contribution in [0.5, 0.6) is 0 Å². The standard InChI is InChI=1S/C17H31N5OS.HI/c1-5-18-17(21-10-16-9-19-14(4)24-16)20-8-15-12-22(6-7-23-15)11-13(2)3;/h9,13,15H,5-8,10-12H2,1-4H3,(H2,18,20,21);1H. The molecule has 8 heteroatoms. The van der Waals surface area contributed by atoms with Crippen molar-refractivity contribution in [3.63, 3.8) is 0 Å². The molecule has 1 unspecified atom stereocenters. The molecule has 2 rings (SSSR count).